The Hall–Kier alpha value is -0.890. The molecule has 2 heteroatoms. The molecule has 108 valence electrons. The number of rotatable bonds is 4. The van der Waals surface area contributed by atoms with E-state index < -0.39 is 0 Å². The van der Waals surface area contributed by atoms with Gasteiger partial charge in [-0.1, -0.05) is 12.5 Å². The molecule has 4 rings (SSSR count). The maximum atomic E-state index is 4.77. The van der Waals surface area contributed by atoms with Crippen molar-refractivity contribution in [2.45, 2.75) is 63.3 Å². The van der Waals surface area contributed by atoms with E-state index in [9.17, 15) is 0 Å². The van der Waals surface area contributed by atoms with Crippen LogP contribution in [-0.2, 0) is 6.42 Å². The molecule has 3 aliphatic carbocycles. The maximum absolute atomic E-state index is 4.77. The Balaban J connectivity index is 1.51. The number of hydrogen-bond donors (Lipinski definition) is 1. The van der Waals surface area contributed by atoms with Crippen LogP contribution in [0.25, 0.3) is 0 Å². The third-order valence-corrected chi connectivity index (χ3v) is 5.72. The lowest BCUT2D eigenvalue weighted by atomic mass is 9.74. The van der Waals surface area contributed by atoms with Crippen LogP contribution in [0.2, 0.25) is 0 Å². The monoisotopic (exact) mass is 270 g/mol. The Kier molecular flexibility index (Phi) is 3.51. The summed E-state index contributed by atoms with van der Waals surface area (Å²) in [6, 6.07) is 5.27. The molecule has 2 fully saturated rings. The first kappa shape index (κ1) is 12.8. The highest BCUT2D eigenvalue weighted by Crippen LogP contribution is 2.46. The molecule has 2 saturated carbocycles. The topological polar surface area (TPSA) is 24.9 Å². The van der Waals surface area contributed by atoms with Crippen LogP contribution in [0.1, 0.15) is 62.1 Å². The second kappa shape index (κ2) is 5.48. The van der Waals surface area contributed by atoms with Crippen LogP contribution in [0.3, 0.4) is 0 Å². The molecule has 3 atom stereocenters. The van der Waals surface area contributed by atoms with Gasteiger partial charge in [-0.05, 0) is 75.0 Å². The SMILES string of the molecule is c1cnc2c(c1)CCCC2C1CCCC1CNC1CC1. The van der Waals surface area contributed by atoms with E-state index in [-0.39, 0.29) is 0 Å². The van der Waals surface area contributed by atoms with Crippen molar-refractivity contribution in [1.29, 1.82) is 0 Å². The Morgan fingerprint density at radius 1 is 1.10 bits per heavy atom. The van der Waals surface area contributed by atoms with E-state index in [4.69, 9.17) is 4.98 Å². The van der Waals surface area contributed by atoms with Crippen LogP contribution in [0.5, 0.6) is 0 Å². The molecule has 0 aliphatic heterocycles. The van der Waals surface area contributed by atoms with E-state index >= 15 is 0 Å². The number of aromatic nitrogens is 1. The predicted molar refractivity (Wildman–Crippen MR) is 81.8 cm³/mol. The molecule has 0 aromatic carbocycles. The van der Waals surface area contributed by atoms with E-state index in [1.165, 1.54) is 69.2 Å². The summed E-state index contributed by atoms with van der Waals surface area (Å²) in [5, 5.41) is 3.77. The standard InChI is InChI=1S/C18H26N2/c1-4-13-6-3-11-19-18(13)17(8-1)16-7-2-5-14(16)12-20-15-9-10-15/h3,6,11,14-17,20H,1-2,4-5,7-10,12H2. The average Bonchev–Trinajstić information content (AvgIpc) is 3.21. The van der Waals surface area contributed by atoms with Crippen molar-refractivity contribution in [3.8, 4) is 0 Å². The van der Waals surface area contributed by atoms with Crippen molar-refractivity contribution in [1.82, 2.24) is 10.3 Å². The number of aryl methyl sites for hydroxylation is 1. The minimum atomic E-state index is 0.744. The van der Waals surface area contributed by atoms with Gasteiger partial charge in [0.2, 0.25) is 0 Å². The van der Waals surface area contributed by atoms with E-state index in [2.05, 4.69) is 17.4 Å². The third-order valence-electron chi connectivity index (χ3n) is 5.72. The van der Waals surface area contributed by atoms with E-state index in [1.807, 2.05) is 6.20 Å². The van der Waals surface area contributed by atoms with Gasteiger partial charge in [0.1, 0.15) is 0 Å². The van der Waals surface area contributed by atoms with Crippen LogP contribution in [0, 0.1) is 11.8 Å². The normalized spacial score (nSPS) is 33.1. The van der Waals surface area contributed by atoms with Crippen LogP contribution in [-0.4, -0.2) is 17.6 Å². The van der Waals surface area contributed by atoms with Gasteiger partial charge in [-0.25, -0.2) is 0 Å². The average molecular weight is 270 g/mol. The lowest BCUT2D eigenvalue weighted by molar-refractivity contribution is 0.285. The Morgan fingerprint density at radius 3 is 2.95 bits per heavy atom. The molecule has 0 spiro atoms. The molecule has 20 heavy (non-hydrogen) atoms. The fourth-order valence-electron chi connectivity index (χ4n) is 4.52. The largest absolute Gasteiger partial charge is 0.314 e. The first-order chi connectivity index (χ1) is 9.92. The van der Waals surface area contributed by atoms with Crippen LogP contribution in [0.15, 0.2) is 18.3 Å². The fraction of sp³-hybridized carbons (Fsp3) is 0.722. The minimum Gasteiger partial charge on any atom is -0.314 e. The summed E-state index contributed by atoms with van der Waals surface area (Å²) in [7, 11) is 0. The zero-order chi connectivity index (χ0) is 13.4. The van der Waals surface area contributed by atoms with Crippen LogP contribution < -0.4 is 5.32 Å². The van der Waals surface area contributed by atoms with Crippen LogP contribution >= 0.6 is 0 Å². The lowest BCUT2D eigenvalue weighted by Crippen LogP contribution is -2.31. The number of nitrogens with zero attached hydrogens (tertiary/aromatic N) is 1. The van der Waals surface area contributed by atoms with Gasteiger partial charge in [-0.3, -0.25) is 4.98 Å². The number of nitrogens with one attached hydrogen (secondary N) is 1. The van der Waals surface area contributed by atoms with Crippen molar-refractivity contribution >= 4 is 0 Å². The van der Waals surface area contributed by atoms with Gasteiger partial charge in [-0.2, -0.15) is 0 Å². The van der Waals surface area contributed by atoms with Gasteiger partial charge in [0.25, 0.3) is 0 Å². The molecule has 0 amide bonds. The van der Waals surface area contributed by atoms with Crippen molar-refractivity contribution in [3.63, 3.8) is 0 Å². The summed E-state index contributed by atoms with van der Waals surface area (Å²) in [4.78, 5) is 4.77. The Morgan fingerprint density at radius 2 is 2.05 bits per heavy atom. The highest BCUT2D eigenvalue weighted by molar-refractivity contribution is 5.27. The molecule has 1 aromatic rings. The predicted octanol–water partition coefficient (Wildman–Crippen LogP) is 3.67. The summed E-state index contributed by atoms with van der Waals surface area (Å²) in [5.74, 6) is 2.53. The second-order valence-corrected chi connectivity index (χ2v) is 7.08. The molecule has 3 unspecified atom stereocenters. The van der Waals surface area contributed by atoms with Crippen molar-refractivity contribution in [2.75, 3.05) is 6.54 Å². The summed E-state index contributed by atoms with van der Waals surface area (Å²) in [6.45, 7) is 1.26. The Labute approximate surface area is 122 Å². The van der Waals surface area contributed by atoms with Gasteiger partial charge >= 0.3 is 0 Å². The zero-order valence-corrected chi connectivity index (χ0v) is 12.4. The van der Waals surface area contributed by atoms with Crippen molar-refractivity contribution in [2.24, 2.45) is 11.8 Å². The molecule has 0 bridgehead atoms. The summed E-state index contributed by atoms with van der Waals surface area (Å²) in [5.41, 5.74) is 2.98. The summed E-state index contributed by atoms with van der Waals surface area (Å²) >= 11 is 0. The Bertz CT molecular complexity index is 466. The summed E-state index contributed by atoms with van der Waals surface area (Å²) < 4.78 is 0. The molecular weight excluding hydrogens is 244 g/mol. The fourth-order valence-corrected chi connectivity index (χ4v) is 4.52. The minimum absolute atomic E-state index is 0.744. The molecule has 0 radical (unpaired) electrons. The van der Waals surface area contributed by atoms with Gasteiger partial charge < -0.3 is 5.32 Å². The molecule has 1 aromatic heterocycles. The van der Waals surface area contributed by atoms with Crippen molar-refractivity contribution in [3.05, 3.63) is 29.6 Å². The molecule has 2 nitrogen and oxygen atoms in total. The van der Waals surface area contributed by atoms with E-state index in [0.29, 0.717) is 0 Å². The molecule has 1 N–H and O–H groups in total. The van der Waals surface area contributed by atoms with Gasteiger partial charge in [0.15, 0.2) is 0 Å². The maximum Gasteiger partial charge on any atom is 0.0469 e. The zero-order valence-electron chi connectivity index (χ0n) is 12.4. The quantitative estimate of drug-likeness (QED) is 0.903. The van der Waals surface area contributed by atoms with E-state index in [0.717, 1.165) is 23.8 Å². The third kappa shape index (κ3) is 2.50. The summed E-state index contributed by atoms with van der Waals surface area (Å²) in [6.07, 6.45) is 13.1. The van der Waals surface area contributed by atoms with Gasteiger partial charge in [0.05, 0.1) is 0 Å². The molecular formula is C18H26N2. The van der Waals surface area contributed by atoms with Crippen molar-refractivity contribution < 1.29 is 0 Å². The highest BCUT2D eigenvalue weighted by atomic mass is 14.9. The first-order valence-corrected chi connectivity index (χ1v) is 8.59. The number of fused-ring (bicyclic) bond motifs is 1. The van der Waals surface area contributed by atoms with Gasteiger partial charge in [0, 0.05) is 23.9 Å². The highest BCUT2D eigenvalue weighted by Gasteiger charge is 2.37. The number of pyridine rings is 1. The molecule has 3 aliphatic rings. The van der Waals surface area contributed by atoms with E-state index in [1.54, 1.807) is 0 Å². The molecule has 0 saturated heterocycles. The van der Waals surface area contributed by atoms with Gasteiger partial charge in [-0.15, -0.1) is 0 Å². The second-order valence-electron chi connectivity index (χ2n) is 7.08. The van der Waals surface area contributed by atoms with Crippen LogP contribution in [0.4, 0.5) is 0 Å². The first-order valence-electron chi connectivity index (χ1n) is 8.59. The lowest BCUT2D eigenvalue weighted by Gasteiger charge is -2.33. The molecule has 1 heterocycles. The number of hydrogen-bond acceptors (Lipinski definition) is 2. The smallest absolute Gasteiger partial charge is 0.0469 e.